The van der Waals surface area contributed by atoms with Gasteiger partial charge in [0.15, 0.2) is 0 Å². The summed E-state index contributed by atoms with van der Waals surface area (Å²) in [6.07, 6.45) is 1.98. The molecule has 0 aliphatic carbocycles. The molecule has 0 aliphatic heterocycles. The van der Waals surface area contributed by atoms with Gasteiger partial charge in [0.05, 0.1) is 5.69 Å². The topological polar surface area (TPSA) is 24.4 Å². The van der Waals surface area contributed by atoms with Crippen LogP contribution in [0.5, 0.6) is 0 Å². The number of nitrogens with zero attached hydrogens (tertiary/aromatic N) is 1. The van der Waals surface area contributed by atoms with Crippen molar-refractivity contribution in [2.24, 2.45) is 4.99 Å². The van der Waals surface area contributed by atoms with Gasteiger partial charge in [-0.3, -0.25) is 4.99 Å². The molecule has 0 heterocycles. The van der Waals surface area contributed by atoms with Gasteiger partial charge in [0, 0.05) is 28.5 Å². The molecule has 0 spiro atoms. The molecule has 0 unspecified atom stereocenters. The minimum atomic E-state index is -0.733. The second-order valence-electron chi connectivity index (χ2n) is 8.73. The lowest BCUT2D eigenvalue weighted by molar-refractivity contribution is 1.36. The van der Waals surface area contributed by atoms with Crippen molar-refractivity contribution in [1.82, 2.24) is 0 Å². The van der Waals surface area contributed by atoms with Crippen LogP contribution in [0.4, 0.5) is 17.1 Å². The van der Waals surface area contributed by atoms with E-state index in [2.05, 4.69) is 147 Å². The summed E-state index contributed by atoms with van der Waals surface area (Å²) in [4.78, 5) is 5.05. The Morgan fingerprint density at radius 1 is 0.583 bits per heavy atom. The van der Waals surface area contributed by atoms with Gasteiger partial charge in [-0.15, -0.1) is 0 Å². The van der Waals surface area contributed by atoms with Crippen molar-refractivity contribution < 1.29 is 0 Å². The third-order valence-corrected chi connectivity index (χ3v) is 8.68. The molecule has 36 heavy (non-hydrogen) atoms. The van der Waals surface area contributed by atoms with E-state index in [9.17, 15) is 0 Å². The van der Waals surface area contributed by atoms with E-state index in [1.807, 2.05) is 6.21 Å². The Morgan fingerprint density at radius 2 is 1.14 bits per heavy atom. The molecular weight excluding hydrogens is 455 g/mol. The van der Waals surface area contributed by atoms with Crippen molar-refractivity contribution in [3.8, 4) is 0 Å². The highest BCUT2D eigenvalue weighted by atomic mass is 31.1. The largest absolute Gasteiger partial charge is 0.355 e. The average molecular weight is 485 g/mol. The van der Waals surface area contributed by atoms with Crippen LogP contribution in [0.3, 0.4) is 0 Å². The summed E-state index contributed by atoms with van der Waals surface area (Å²) >= 11 is 0. The zero-order chi connectivity index (χ0) is 24.7. The summed E-state index contributed by atoms with van der Waals surface area (Å²) < 4.78 is 0. The summed E-state index contributed by atoms with van der Waals surface area (Å²) in [6, 6.07) is 44.8. The van der Waals surface area contributed by atoms with Crippen LogP contribution < -0.4 is 21.2 Å². The predicted octanol–water partition coefficient (Wildman–Crippen LogP) is 7.56. The minimum Gasteiger partial charge on any atom is -0.355 e. The molecule has 0 saturated carbocycles. The summed E-state index contributed by atoms with van der Waals surface area (Å²) in [5.74, 6) is 0. The third kappa shape index (κ3) is 5.30. The maximum Gasteiger partial charge on any atom is 0.0713 e. The van der Waals surface area contributed by atoms with Crippen molar-refractivity contribution >= 4 is 47.1 Å². The number of hydrogen-bond donors (Lipinski definition) is 1. The van der Waals surface area contributed by atoms with Crippen molar-refractivity contribution in [3.63, 3.8) is 0 Å². The highest BCUT2D eigenvalue weighted by Crippen LogP contribution is 2.36. The van der Waals surface area contributed by atoms with Gasteiger partial charge >= 0.3 is 0 Å². The number of aliphatic imine (C=N–C) groups is 1. The number of nitrogens with one attached hydrogen (secondary N) is 1. The lowest BCUT2D eigenvalue weighted by Crippen LogP contribution is -2.20. The first-order chi connectivity index (χ1) is 17.7. The van der Waals surface area contributed by atoms with Crippen LogP contribution in [0.2, 0.25) is 0 Å². The molecule has 0 amide bonds. The SMILES string of the molecule is Cc1cccc(C)c1Nc1ccccc1C=Nc1ccccc1P(c1ccccc1)c1ccccc1. The Labute approximate surface area is 215 Å². The maximum atomic E-state index is 5.05. The van der Waals surface area contributed by atoms with E-state index in [4.69, 9.17) is 4.99 Å². The van der Waals surface area contributed by atoms with Crippen LogP contribution in [0.25, 0.3) is 0 Å². The van der Waals surface area contributed by atoms with Crippen molar-refractivity contribution in [3.05, 3.63) is 144 Å². The third-order valence-electron chi connectivity index (χ3n) is 6.20. The molecular formula is C33H29N2P. The van der Waals surface area contributed by atoms with E-state index in [0.29, 0.717) is 0 Å². The number of aryl methyl sites for hydroxylation is 2. The second-order valence-corrected chi connectivity index (χ2v) is 10.9. The first kappa shape index (κ1) is 23.7. The smallest absolute Gasteiger partial charge is 0.0713 e. The van der Waals surface area contributed by atoms with Crippen LogP contribution in [0.1, 0.15) is 16.7 Å². The summed E-state index contributed by atoms with van der Waals surface area (Å²) in [5.41, 5.74) is 6.70. The van der Waals surface area contributed by atoms with E-state index in [1.54, 1.807) is 0 Å². The van der Waals surface area contributed by atoms with E-state index in [-0.39, 0.29) is 0 Å². The lowest BCUT2D eigenvalue weighted by Gasteiger charge is -2.21. The van der Waals surface area contributed by atoms with E-state index in [0.717, 1.165) is 22.6 Å². The molecule has 0 saturated heterocycles. The Balaban J connectivity index is 1.54. The molecule has 176 valence electrons. The Bertz CT molecular complexity index is 1420. The number of anilines is 2. The van der Waals surface area contributed by atoms with E-state index < -0.39 is 7.92 Å². The van der Waals surface area contributed by atoms with Crippen LogP contribution in [-0.4, -0.2) is 6.21 Å². The standard InChI is InChI=1S/C33H29N2P/c1-25-14-13-15-26(2)33(25)35-30-21-10-9-16-27(30)24-34-31-22-11-12-23-32(31)36(28-17-5-3-6-18-28)29-19-7-4-8-20-29/h3-24,35H,1-2H3. The number of benzene rings is 5. The van der Waals surface area contributed by atoms with Crippen LogP contribution in [0, 0.1) is 13.8 Å². The van der Waals surface area contributed by atoms with E-state index in [1.165, 1.54) is 27.0 Å². The van der Waals surface area contributed by atoms with E-state index >= 15 is 0 Å². The average Bonchev–Trinajstić information content (AvgIpc) is 2.92. The van der Waals surface area contributed by atoms with Crippen molar-refractivity contribution in [1.29, 1.82) is 0 Å². The van der Waals surface area contributed by atoms with Crippen molar-refractivity contribution in [2.75, 3.05) is 5.32 Å². The molecule has 0 aromatic heterocycles. The molecule has 0 bridgehead atoms. The van der Waals surface area contributed by atoms with Gasteiger partial charge in [0.1, 0.15) is 0 Å². The minimum absolute atomic E-state index is 0.733. The Hall–Kier alpha value is -4.00. The van der Waals surface area contributed by atoms with Crippen molar-refractivity contribution in [2.45, 2.75) is 13.8 Å². The lowest BCUT2D eigenvalue weighted by atomic mass is 10.1. The number of hydrogen-bond acceptors (Lipinski definition) is 2. The Kier molecular flexibility index (Phi) is 7.36. The molecule has 0 aliphatic rings. The molecule has 5 aromatic rings. The van der Waals surface area contributed by atoms with Gasteiger partial charge in [0.25, 0.3) is 0 Å². The fourth-order valence-corrected chi connectivity index (χ4v) is 6.74. The summed E-state index contributed by atoms with van der Waals surface area (Å²) in [6.45, 7) is 4.27. The second kappa shape index (κ2) is 11.2. The zero-order valence-corrected chi connectivity index (χ0v) is 21.5. The zero-order valence-electron chi connectivity index (χ0n) is 20.6. The van der Waals surface area contributed by atoms with Gasteiger partial charge in [-0.05, 0) is 55.6 Å². The fourth-order valence-electron chi connectivity index (χ4n) is 4.35. The number of rotatable bonds is 7. The maximum absolute atomic E-state index is 5.05. The summed E-state index contributed by atoms with van der Waals surface area (Å²) in [7, 11) is -0.733. The molecule has 5 aromatic carbocycles. The predicted molar refractivity (Wildman–Crippen MR) is 158 cm³/mol. The highest BCUT2D eigenvalue weighted by molar-refractivity contribution is 7.80. The fraction of sp³-hybridized carbons (Fsp3) is 0.0606. The highest BCUT2D eigenvalue weighted by Gasteiger charge is 2.19. The molecule has 1 N–H and O–H groups in total. The van der Waals surface area contributed by atoms with Gasteiger partial charge < -0.3 is 5.32 Å². The van der Waals surface area contributed by atoms with Gasteiger partial charge in [-0.2, -0.15) is 0 Å². The summed E-state index contributed by atoms with van der Waals surface area (Å²) in [5, 5.41) is 7.53. The molecule has 3 heteroatoms. The van der Waals surface area contributed by atoms with Gasteiger partial charge in [-0.25, -0.2) is 0 Å². The number of para-hydroxylation sites is 3. The molecule has 0 fully saturated rings. The molecule has 5 rings (SSSR count). The Morgan fingerprint density at radius 3 is 1.81 bits per heavy atom. The van der Waals surface area contributed by atoms with Gasteiger partial charge in [0.2, 0.25) is 0 Å². The first-order valence-electron chi connectivity index (χ1n) is 12.2. The molecule has 0 atom stereocenters. The quantitative estimate of drug-likeness (QED) is 0.187. The monoisotopic (exact) mass is 484 g/mol. The van der Waals surface area contributed by atoms with Crippen LogP contribution >= 0.6 is 7.92 Å². The van der Waals surface area contributed by atoms with Crippen LogP contribution in [0.15, 0.2) is 132 Å². The first-order valence-corrected chi connectivity index (χ1v) is 13.5. The normalized spacial score (nSPS) is 11.2. The van der Waals surface area contributed by atoms with Crippen LogP contribution in [-0.2, 0) is 0 Å². The molecule has 2 nitrogen and oxygen atoms in total. The van der Waals surface area contributed by atoms with Gasteiger partial charge in [-0.1, -0.05) is 115 Å². The molecule has 0 radical (unpaired) electrons.